The predicted octanol–water partition coefficient (Wildman–Crippen LogP) is 1.48. The van der Waals surface area contributed by atoms with Crippen molar-refractivity contribution in [2.45, 2.75) is 45.7 Å². The van der Waals surface area contributed by atoms with Gasteiger partial charge < -0.3 is 14.8 Å². The topological polar surface area (TPSA) is 50.2 Å². The van der Waals surface area contributed by atoms with E-state index in [4.69, 9.17) is 0 Å². The highest BCUT2D eigenvalue weighted by Crippen LogP contribution is 2.15. The first-order chi connectivity index (χ1) is 9.59. The lowest BCUT2D eigenvalue weighted by Gasteiger charge is -2.27. The first-order valence-corrected chi connectivity index (χ1v) is 7.58. The Hall–Kier alpha value is -1.36. The molecule has 20 heavy (non-hydrogen) atoms. The molecule has 0 amide bonds. The largest absolute Gasteiger partial charge is 0.352 e. The van der Waals surface area contributed by atoms with Gasteiger partial charge in [-0.1, -0.05) is 13.8 Å². The number of anilines is 1. The molecule has 0 aliphatic carbocycles. The van der Waals surface area contributed by atoms with E-state index in [1.54, 1.807) is 17.0 Å². The minimum absolute atomic E-state index is 0.0286. The van der Waals surface area contributed by atoms with Crippen molar-refractivity contribution in [3.63, 3.8) is 0 Å². The van der Waals surface area contributed by atoms with E-state index in [1.807, 2.05) is 7.05 Å². The van der Waals surface area contributed by atoms with Crippen LogP contribution in [0.2, 0.25) is 0 Å². The minimum Gasteiger partial charge on any atom is -0.352 e. The first kappa shape index (κ1) is 15.0. The van der Waals surface area contributed by atoms with Crippen LogP contribution >= 0.6 is 0 Å². The van der Waals surface area contributed by atoms with E-state index < -0.39 is 0 Å². The normalized spacial score (nSPS) is 19.9. The molecule has 0 spiro atoms. The molecule has 1 N–H and O–H groups in total. The van der Waals surface area contributed by atoms with Crippen LogP contribution in [0.5, 0.6) is 0 Å². The summed E-state index contributed by atoms with van der Waals surface area (Å²) < 4.78 is 1.78. The van der Waals surface area contributed by atoms with Gasteiger partial charge in [0.25, 0.3) is 5.56 Å². The van der Waals surface area contributed by atoms with Crippen LogP contribution in [0.4, 0.5) is 5.82 Å². The number of aromatic nitrogens is 2. The summed E-state index contributed by atoms with van der Waals surface area (Å²) in [4.78, 5) is 18.9. The zero-order valence-corrected chi connectivity index (χ0v) is 12.8. The average molecular weight is 278 g/mol. The maximum absolute atomic E-state index is 12.5. The summed E-state index contributed by atoms with van der Waals surface area (Å²) in [6.07, 6.45) is 6.86. The lowest BCUT2D eigenvalue weighted by atomic mass is 10.1. The zero-order valence-electron chi connectivity index (χ0n) is 12.8. The molecule has 5 nitrogen and oxygen atoms in total. The van der Waals surface area contributed by atoms with Gasteiger partial charge in [0.2, 0.25) is 0 Å². The molecule has 112 valence electrons. The molecular weight excluding hydrogens is 252 g/mol. The third kappa shape index (κ3) is 3.60. The number of rotatable bonds is 4. The molecule has 0 saturated carbocycles. The summed E-state index contributed by atoms with van der Waals surface area (Å²) in [5, 5.41) is 3.41. The van der Waals surface area contributed by atoms with Gasteiger partial charge in [-0.05, 0) is 38.3 Å². The molecule has 1 aromatic rings. The number of nitrogens with one attached hydrogen (secondary N) is 1. The van der Waals surface area contributed by atoms with E-state index in [1.165, 1.54) is 0 Å². The number of hydrogen-bond acceptors (Lipinski definition) is 4. The van der Waals surface area contributed by atoms with Gasteiger partial charge in [0, 0.05) is 32.0 Å². The molecule has 2 heterocycles. The van der Waals surface area contributed by atoms with E-state index in [0.717, 1.165) is 38.9 Å². The second-order valence-corrected chi connectivity index (χ2v) is 6.05. The molecule has 1 aromatic heterocycles. The Morgan fingerprint density at radius 2 is 2.25 bits per heavy atom. The third-order valence-corrected chi connectivity index (χ3v) is 3.88. The van der Waals surface area contributed by atoms with Crippen LogP contribution in [0.15, 0.2) is 17.2 Å². The maximum Gasteiger partial charge on any atom is 0.293 e. The molecule has 1 fully saturated rings. The molecule has 2 rings (SSSR count). The van der Waals surface area contributed by atoms with E-state index >= 15 is 0 Å². The van der Waals surface area contributed by atoms with Crippen LogP contribution in [0, 0.1) is 5.92 Å². The highest BCUT2D eigenvalue weighted by atomic mass is 16.1. The summed E-state index contributed by atoms with van der Waals surface area (Å²) in [7, 11) is 2.00. The van der Waals surface area contributed by atoms with Gasteiger partial charge in [0.1, 0.15) is 0 Å². The third-order valence-electron chi connectivity index (χ3n) is 3.88. The zero-order chi connectivity index (χ0) is 14.5. The lowest BCUT2D eigenvalue weighted by Crippen LogP contribution is -2.38. The van der Waals surface area contributed by atoms with Gasteiger partial charge in [-0.2, -0.15) is 0 Å². The predicted molar refractivity (Wildman–Crippen MR) is 82.2 cm³/mol. The SMILES string of the molecule is CC(C)Cn1ccnc(N(C)C2CCCNCC2)c1=O. The average Bonchev–Trinajstić information content (AvgIpc) is 2.69. The van der Waals surface area contributed by atoms with Crippen LogP contribution < -0.4 is 15.8 Å². The van der Waals surface area contributed by atoms with Crippen LogP contribution in [0.25, 0.3) is 0 Å². The van der Waals surface area contributed by atoms with Crippen molar-refractivity contribution in [1.82, 2.24) is 14.9 Å². The first-order valence-electron chi connectivity index (χ1n) is 7.58. The highest BCUT2D eigenvalue weighted by molar-refractivity contribution is 5.36. The van der Waals surface area contributed by atoms with E-state index in [9.17, 15) is 4.79 Å². The van der Waals surface area contributed by atoms with Crippen molar-refractivity contribution in [3.8, 4) is 0 Å². The lowest BCUT2D eigenvalue weighted by molar-refractivity contribution is 0.503. The molecule has 1 aliphatic rings. The molecule has 1 atom stereocenters. The second kappa shape index (κ2) is 6.88. The van der Waals surface area contributed by atoms with Gasteiger partial charge in [-0.15, -0.1) is 0 Å². The van der Waals surface area contributed by atoms with Crippen LogP contribution in [-0.4, -0.2) is 35.7 Å². The fraction of sp³-hybridized carbons (Fsp3) is 0.733. The molecule has 0 radical (unpaired) electrons. The van der Waals surface area contributed by atoms with Crippen LogP contribution in [0.1, 0.15) is 33.1 Å². The van der Waals surface area contributed by atoms with Gasteiger partial charge >= 0.3 is 0 Å². The van der Waals surface area contributed by atoms with Gasteiger partial charge in [0.15, 0.2) is 5.82 Å². The molecule has 0 bridgehead atoms. The second-order valence-electron chi connectivity index (χ2n) is 6.05. The Morgan fingerprint density at radius 3 is 3.00 bits per heavy atom. The van der Waals surface area contributed by atoms with Gasteiger partial charge in [-0.3, -0.25) is 4.79 Å². The fourth-order valence-electron chi connectivity index (χ4n) is 2.78. The fourth-order valence-corrected chi connectivity index (χ4v) is 2.78. The molecule has 5 heteroatoms. The molecular formula is C15H26N4O. The smallest absolute Gasteiger partial charge is 0.293 e. The molecule has 1 aliphatic heterocycles. The molecule has 0 aromatic carbocycles. The van der Waals surface area contributed by atoms with E-state index in [2.05, 4.69) is 29.0 Å². The van der Waals surface area contributed by atoms with Gasteiger partial charge in [-0.25, -0.2) is 4.98 Å². The summed E-state index contributed by atoms with van der Waals surface area (Å²) in [5.74, 6) is 1.04. The van der Waals surface area contributed by atoms with Crippen LogP contribution in [0.3, 0.4) is 0 Å². The number of nitrogens with zero attached hydrogens (tertiary/aromatic N) is 3. The Bertz CT molecular complexity index is 475. The summed E-state index contributed by atoms with van der Waals surface area (Å²) in [6.45, 7) is 7.07. The Morgan fingerprint density at radius 1 is 1.45 bits per heavy atom. The van der Waals surface area contributed by atoms with Crippen LogP contribution in [-0.2, 0) is 6.54 Å². The van der Waals surface area contributed by atoms with Gasteiger partial charge in [0.05, 0.1) is 0 Å². The van der Waals surface area contributed by atoms with E-state index in [0.29, 0.717) is 17.8 Å². The van der Waals surface area contributed by atoms with Crippen molar-refractivity contribution in [2.75, 3.05) is 25.0 Å². The van der Waals surface area contributed by atoms with E-state index in [-0.39, 0.29) is 5.56 Å². The monoisotopic (exact) mass is 278 g/mol. The van der Waals surface area contributed by atoms with Crippen molar-refractivity contribution in [2.24, 2.45) is 5.92 Å². The quantitative estimate of drug-likeness (QED) is 0.906. The summed E-state index contributed by atoms with van der Waals surface area (Å²) >= 11 is 0. The van der Waals surface area contributed by atoms with Crippen molar-refractivity contribution < 1.29 is 0 Å². The standard InChI is InChI=1S/C15H26N4O/c1-12(2)11-19-10-9-17-14(15(19)20)18(3)13-5-4-7-16-8-6-13/h9-10,12-13,16H,4-8,11H2,1-3H3. The van der Waals surface area contributed by atoms with Crippen molar-refractivity contribution >= 4 is 5.82 Å². The maximum atomic E-state index is 12.5. The highest BCUT2D eigenvalue weighted by Gasteiger charge is 2.20. The minimum atomic E-state index is 0.0286. The molecule has 1 unspecified atom stereocenters. The molecule has 1 saturated heterocycles. The summed E-state index contributed by atoms with van der Waals surface area (Å²) in [5.41, 5.74) is 0.0286. The van der Waals surface area contributed by atoms with Crippen molar-refractivity contribution in [3.05, 3.63) is 22.7 Å². The Labute approximate surface area is 121 Å². The Balaban J connectivity index is 2.20. The Kier molecular flexibility index (Phi) is 5.17. The summed E-state index contributed by atoms with van der Waals surface area (Å²) in [6, 6.07) is 0.403. The van der Waals surface area contributed by atoms with Crippen molar-refractivity contribution in [1.29, 1.82) is 0 Å². The number of hydrogen-bond donors (Lipinski definition) is 1.